The second-order valence-corrected chi connectivity index (χ2v) is 8.87. The summed E-state index contributed by atoms with van der Waals surface area (Å²) in [7, 11) is -2.53. The fourth-order valence-corrected chi connectivity index (χ4v) is 4.84. The molecule has 2 aromatic rings. The van der Waals surface area contributed by atoms with Gasteiger partial charge in [-0.1, -0.05) is 0 Å². The molecule has 2 heterocycles. The first kappa shape index (κ1) is 21.3. The molecule has 1 amide bonds. The molecule has 2 aliphatic rings. The van der Waals surface area contributed by atoms with Crippen molar-refractivity contribution in [2.45, 2.75) is 4.90 Å². The first-order valence-corrected chi connectivity index (χ1v) is 11.3. The van der Waals surface area contributed by atoms with E-state index in [-0.39, 0.29) is 17.3 Å². The molecule has 0 unspecified atom stereocenters. The summed E-state index contributed by atoms with van der Waals surface area (Å²) in [6.45, 7) is 2.15. The second kappa shape index (κ2) is 9.03. The Bertz CT molecular complexity index is 1030. The molecule has 31 heavy (non-hydrogen) atoms. The summed E-state index contributed by atoms with van der Waals surface area (Å²) in [6, 6.07) is 11.0. The molecule has 0 saturated carbocycles. The molecule has 0 N–H and O–H groups in total. The maximum atomic E-state index is 13.6. The number of morpholine rings is 1. The van der Waals surface area contributed by atoms with Gasteiger partial charge in [0.15, 0.2) is 11.5 Å². The fourth-order valence-electron chi connectivity index (χ4n) is 3.41. The Morgan fingerprint density at radius 2 is 1.68 bits per heavy atom. The highest BCUT2D eigenvalue weighted by Gasteiger charge is 2.30. The number of anilines is 1. The number of carbonyl (C=O) groups is 1. The number of amides is 1. The van der Waals surface area contributed by atoms with Crippen molar-refractivity contribution in [1.82, 2.24) is 4.90 Å². The van der Waals surface area contributed by atoms with Crippen molar-refractivity contribution in [1.29, 1.82) is 0 Å². The molecule has 9 nitrogen and oxygen atoms in total. The van der Waals surface area contributed by atoms with Crippen LogP contribution in [0, 0.1) is 0 Å². The lowest BCUT2D eigenvalue weighted by Crippen LogP contribution is -2.47. The van der Waals surface area contributed by atoms with E-state index >= 15 is 0 Å². The van der Waals surface area contributed by atoms with Crippen molar-refractivity contribution in [3.63, 3.8) is 0 Å². The zero-order valence-corrected chi connectivity index (χ0v) is 18.0. The van der Waals surface area contributed by atoms with E-state index in [0.29, 0.717) is 62.5 Å². The van der Waals surface area contributed by atoms with E-state index in [1.54, 1.807) is 35.2 Å². The van der Waals surface area contributed by atoms with Crippen LogP contribution in [0.3, 0.4) is 0 Å². The molecular weight excluding hydrogens is 424 g/mol. The molecular formula is C21H24N2O7S. The SMILES string of the molecule is COc1ccc(N(CC(=O)N2CCOCC2)S(=O)(=O)c2ccc3c(c2)OCCO3)cc1. The zero-order chi connectivity index (χ0) is 21.8. The summed E-state index contributed by atoms with van der Waals surface area (Å²) in [5.74, 6) is 1.15. The lowest BCUT2D eigenvalue weighted by molar-refractivity contribution is -0.133. The molecule has 166 valence electrons. The quantitative estimate of drug-likeness (QED) is 0.661. The fraction of sp³-hybridized carbons (Fsp3) is 0.381. The first-order valence-electron chi connectivity index (χ1n) is 9.91. The topological polar surface area (TPSA) is 94.6 Å². The summed E-state index contributed by atoms with van der Waals surface area (Å²) in [5.41, 5.74) is 0.359. The third-order valence-electron chi connectivity index (χ3n) is 5.10. The van der Waals surface area contributed by atoms with Crippen LogP contribution in [0.15, 0.2) is 47.4 Å². The summed E-state index contributed by atoms with van der Waals surface area (Å²) < 4.78 is 49.8. The van der Waals surface area contributed by atoms with Crippen molar-refractivity contribution in [2.75, 3.05) is 57.5 Å². The van der Waals surface area contributed by atoms with Gasteiger partial charge in [0.2, 0.25) is 5.91 Å². The van der Waals surface area contributed by atoms with Gasteiger partial charge in [0.1, 0.15) is 25.5 Å². The molecule has 0 bridgehead atoms. The van der Waals surface area contributed by atoms with Crippen LogP contribution >= 0.6 is 0 Å². The van der Waals surface area contributed by atoms with Gasteiger partial charge in [0.05, 0.1) is 30.9 Å². The molecule has 1 fully saturated rings. The third kappa shape index (κ3) is 4.54. The van der Waals surface area contributed by atoms with Gasteiger partial charge < -0.3 is 23.8 Å². The van der Waals surface area contributed by atoms with Gasteiger partial charge in [-0.2, -0.15) is 0 Å². The lowest BCUT2D eigenvalue weighted by Gasteiger charge is -2.31. The van der Waals surface area contributed by atoms with Crippen LogP contribution in [0.1, 0.15) is 0 Å². The highest BCUT2D eigenvalue weighted by molar-refractivity contribution is 7.92. The van der Waals surface area contributed by atoms with Gasteiger partial charge in [-0.25, -0.2) is 8.42 Å². The largest absolute Gasteiger partial charge is 0.497 e. The Morgan fingerprint density at radius 3 is 2.35 bits per heavy atom. The molecule has 0 radical (unpaired) electrons. The minimum atomic E-state index is -4.06. The number of rotatable bonds is 6. The van der Waals surface area contributed by atoms with Crippen molar-refractivity contribution < 1.29 is 32.2 Å². The minimum absolute atomic E-state index is 0.0161. The van der Waals surface area contributed by atoms with E-state index in [2.05, 4.69) is 0 Å². The Kier molecular flexibility index (Phi) is 6.19. The predicted octanol–water partition coefficient (Wildman–Crippen LogP) is 1.52. The molecule has 2 aromatic carbocycles. The normalized spacial score (nSPS) is 16.0. The molecule has 0 atom stereocenters. The van der Waals surface area contributed by atoms with E-state index in [0.717, 1.165) is 4.31 Å². The molecule has 1 saturated heterocycles. The standard InChI is InChI=1S/C21H24N2O7S/c1-27-17-4-2-16(3-5-17)23(15-21(24)22-8-10-28-11-9-22)31(25,26)18-6-7-19-20(14-18)30-13-12-29-19/h2-7,14H,8-13,15H2,1H3. The molecule has 0 spiro atoms. The van der Waals surface area contributed by atoms with Gasteiger partial charge in [-0.05, 0) is 36.4 Å². The Labute approximate surface area is 181 Å². The van der Waals surface area contributed by atoms with Gasteiger partial charge in [0.25, 0.3) is 10.0 Å². The van der Waals surface area contributed by atoms with E-state index < -0.39 is 10.0 Å². The highest BCUT2D eigenvalue weighted by Crippen LogP contribution is 2.34. The minimum Gasteiger partial charge on any atom is -0.497 e. The maximum absolute atomic E-state index is 13.6. The Morgan fingerprint density at radius 1 is 1.00 bits per heavy atom. The highest BCUT2D eigenvalue weighted by atomic mass is 32.2. The summed E-state index contributed by atoms with van der Waals surface area (Å²) in [4.78, 5) is 14.5. The van der Waals surface area contributed by atoms with Crippen LogP contribution in [-0.2, 0) is 19.6 Å². The molecule has 0 aromatic heterocycles. The predicted molar refractivity (Wildman–Crippen MR) is 112 cm³/mol. The van der Waals surface area contributed by atoms with Gasteiger partial charge in [-0.15, -0.1) is 0 Å². The van der Waals surface area contributed by atoms with Crippen LogP contribution in [0.25, 0.3) is 0 Å². The van der Waals surface area contributed by atoms with Crippen LogP contribution in [0.4, 0.5) is 5.69 Å². The Balaban J connectivity index is 1.68. The van der Waals surface area contributed by atoms with Gasteiger partial charge >= 0.3 is 0 Å². The monoisotopic (exact) mass is 448 g/mol. The number of hydrogen-bond donors (Lipinski definition) is 0. The number of sulfonamides is 1. The smallest absolute Gasteiger partial charge is 0.264 e. The first-order chi connectivity index (χ1) is 15.0. The van der Waals surface area contributed by atoms with Crippen molar-refractivity contribution in [2.24, 2.45) is 0 Å². The molecule has 0 aliphatic carbocycles. The summed E-state index contributed by atoms with van der Waals surface area (Å²) in [5, 5.41) is 0. The van der Waals surface area contributed by atoms with Gasteiger partial charge in [0, 0.05) is 19.2 Å². The van der Waals surface area contributed by atoms with Crippen molar-refractivity contribution in [3.05, 3.63) is 42.5 Å². The second-order valence-electron chi connectivity index (χ2n) is 7.01. The van der Waals surface area contributed by atoms with E-state index in [9.17, 15) is 13.2 Å². The third-order valence-corrected chi connectivity index (χ3v) is 6.87. The van der Waals surface area contributed by atoms with Gasteiger partial charge in [-0.3, -0.25) is 9.10 Å². The van der Waals surface area contributed by atoms with E-state index in [4.69, 9.17) is 18.9 Å². The van der Waals surface area contributed by atoms with Crippen molar-refractivity contribution >= 4 is 21.6 Å². The number of carbonyl (C=O) groups excluding carboxylic acids is 1. The summed E-state index contributed by atoms with van der Waals surface area (Å²) >= 11 is 0. The number of nitrogens with zero attached hydrogens (tertiary/aromatic N) is 2. The average molecular weight is 448 g/mol. The van der Waals surface area contributed by atoms with Crippen LogP contribution in [-0.4, -0.2) is 72.4 Å². The lowest BCUT2D eigenvalue weighted by atomic mass is 10.3. The number of fused-ring (bicyclic) bond motifs is 1. The maximum Gasteiger partial charge on any atom is 0.264 e. The van der Waals surface area contributed by atoms with E-state index in [1.165, 1.54) is 19.2 Å². The summed E-state index contributed by atoms with van der Waals surface area (Å²) in [6.07, 6.45) is 0. The number of hydrogen-bond acceptors (Lipinski definition) is 7. The van der Waals surface area contributed by atoms with Crippen LogP contribution < -0.4 is 18.5 Å². The van der Waals surface area contributed by atoms with Crippen LogP contribution in [0.2, 0.25) is 0 Å². The Hall–Kier alpha value is -2.98. The van der Waals surface area contributed by atoms with Crippen molar-refractivity contribution in [3.8, 4) is 17.2 Å². The van der Waals surface area contributed by atoms with E-state index in [1.807, 2.05) is 0 Å². The zero-order valence-electron chi connectivity index (χ0n) is 17.2. The number of ether oxygens (including phenoxy) is 4. The number of methoxy groups -OCH3 is 1. The molecule has 2 aliphatic heterocycles. The average Bonchev–Trinajstić information content (AvgIpc) is 2.82. The molecule has 10 heteroatoms. The number of benzene rings is 2. The van der Waals surface area contributed by atoms with Crippen LogP contribution in [0.5, 0.6) is 17.2 Å². The molecule has 4 rings (SSSR count).